The first-order chi connectivity index (χ1) is 12.5. The van der Waals surface area contributed by atoms with E-state index >= 15 is 0 Å². The third-order valence-corrected chi connectivity index (χ3v) is 5.81. The van der Waals surface area contributed by atoms with Crippen LogP contribution in [0.1, 0.15) is 23.2 Å². The van der Waals surface area contributed by atoms with Gasteiger partial charge in [-0.2, -0.15) is 0 Å². The van der Waals surface area contributed by atoms with Crippen LogP contribution >= 0.6 is 24.0 Å². The van der Waals surface area contributed by atoms with E-state index in [1.807, 2.05) is 0 Å². The summed E-state index contributed by atoms with van der Waals surface area (Å²) in [6.07, 6.45) is 1.66. The summed E-state index contributed by atoms with van der Waals surface area (Å²) < 4.78 is 27.6. The molecule has 0 unspecified atom stereocenters. The fourth-order valence-corrected chi connectivity index (χ4v) is 4.10. The van der Waals surface area contributed by atoms with Crippen LogP contribution in [0.5, 0.6) is 0 Å². The normalized spacial score (nSPS) is 14.9. The Labute approximate surface area is 170 Å². The lowest BCUT2D eigenvalue weighted by Gasteiger charge is -2.24. The molecular weight excluding hydrogens is 409 g/mol. The maximum absolute atomic E-state index is 12.7. The van der Waals surface area contributed by atoms with Crippen LogP contribution in [0.15, 0.2) is 53.4 Å². The molecule has 1 aliphatic rings. The first-order valence-electron chi connectivity index (χ1n) is 8.35. The van der Waals surface area contributed by atoms with Gasteiger partial charge < -0.3 is 10.6 Å². The van der Waals surface area contributed by atoms with E-state index in [-0.39, 0.29) is 40.5 Å². The molecule has 0 bridgehead atoms. The average Bonchev–Trinajstić information content (AvgIpc) is 2.64. The Bertz CT molecular complexity index is 886. The molecule has 2 aromatic carbocycles. The van der Waals surface area contributed by atoms with Crippen molar-refractivity contribution in [3.05, 3.63) is 59.1 Å². The molecule has 1 fully saturated rings. The Kier molecular flexibility index (Phi) is 7.49. The van der Waals surface area contributed by atoms with Crippen molar-refractivity contribution in [3.8, 4) is 0 Å². The molecule has 9 heteroatoms. The van der Waals surface area contributed by atoms with Gasteiger partial charge in [0.25, 0.3) is 15.9 Å². The van der Waals surface area contributed by atoms with E-state index in [0.29, 0.717) is 5.02 Å². The molecule has 0 spiro atoms. The zero-order chi connectivity index (χ0) is 18.6. The number of hydrogen-bond acceptors (Lipinski definition) is 4. The summed E-state index contributed by atoms with van der Waals surface area (Å²) in [6, 6.07) is 12.6. The van der Waals surface area contributed by atoms with Gasteiger partial charge in [0.1, 0.15) is 0 Å². The second kappa shape index (κ2) is 9.41. The highest BCUT2D eigenvalue weighted by molar-refractivity contribution is 7.92. The molecule has 3 N–H and O–H groups in total. The molecule has 3 rings (SSSR count). The van der Waals surface area contributed by atoms with Crippen LogP contribution < -0.4 is 15.4 Å². The standard InChI is InChI=1S/C18H20ClN3O3S.ClH/c19-13-6-7-17(22-26(24,25)15-4-2-1-3-5-15)16(12-13)18(23)21-14-8-10-20-11-9-14;/h1-7,12,14,20,22H,8-11H2,(H,21,23);1H. The molecule has 146 valence electrons. The number of sulfonamides is 1. The van der Waals surface area contributed by atoms with Gasteiger partial charge in [-0.25, -0.2) is 8.42 Å². The van der Waals surface area contributed by atoms with Crippen molar-refractivity contribution in [2.45, 2.75) is 23.8 Å². The van der Waals surface area contributed by atoms with E-state index in [2.05, 4.69) is 15.4 Å². The summed E-state index contributed by atoms with van der Waals surface area (Å²) >= 11 is 6.02. The van der Waals surface area contributed by atoms with E-state index in [1.165, 1.54) is 24.3 Å². The van der Waals surface area contributed by atoms with Gasteiger partial charge in [-0.1, -0.05) is 29.8 Å². The molecule has 27 heavy (non-hydrogen) atoms. The number of nitrogens with one attached hydrogen (secondary N) is 3. The monoisotopic (exact) mass is 429 g/mol. The van der Waals surface area contributed by atoms with Crippen LogP contribution in [-0.2, 0) is 10.0 Å². The Hall–Kier alpha value is -1.80. The Morgan fingerprint density at radius 3 is 2.41 bits per heavy atom. The van der Waals surface area contributed by atoms with Gasteiger partial charge in [-0.05, 0) is 56.3 Å². The minimum absolute atomic E-state index is 0. The van der Waals surface area contributed by atoms with Gasteiger partial charge in [0.15, 0.2) is 0 Å². The third kappa shape index (κ3) is 5.59. The minimum Gasteiger partial charge on any atom is -0.349 e. The van der Waals surface area contributed by atoms with Crippen molar-refractivity contribution in [3.63, 3.8) is 0 Å². The third-order valence-electron chi connectivity index (χ3n) is 4.20. The predicted octanol–water partition coefficient (Wildman–Crippen LogP) is 3.04. The van der Waals surface area contributed by atoms with Crippen LogP contribution in [0.3, 0.4) is 0 Å². The predicted molar refractivity (Wildman–Crippen MR) is 109 cm³/mol. The minimum atomic E-state index is -3.80. The van der Waals surface area contributed by atoms with E-state index < -0.39 is 10.0 Å². The van der Waals surface area contributed by atoms with Crippen LogP contribution in [0.25, 0.3) is 0 Å². The zero-order valence-electron chi connectivity index (χ0n) is 14.4. The second-order valence-corrected chi connectivity index (χ2v) is 8.23. The lowest BCUT2D eigenvalue weighted by molar-refractivity contribution is 0.0930. The molecule has 0 aliphatic carbocycles. The summed E-state index contributed by atoms with van der Waals surface area (Å²) in [5.74, 6) is -0.342. The van der Waals surface area contributed by atoms with E-state index in [0.717, 1.165) is 25.9 Å². The Morgan fingerprint density at radius 1 is 1.07 bits per heavy atom. The highest BCUT2D eigenvalue weighted by Crippen LogP contribution is 2.24. The first-order valence-corrected chi connectivity index (χ1v) is 10.2. The molecule has 1 amide bonds. The molecule has 1 heterocycles. The number of anilines is 1. The Balaban J connectivity index is 0.00000261. The van der Waals surface area contributed by atoms with Crippen molar-refractivity contribution >= 4 is 45.6 Å². The van der Waals surface area contributed by atoms with E-state index in [4.69, 9.17) is 11.6 Å². The van der Waals surface area contributed by atoms with Gasteiger partial charge >= 0.3 is 0 Å². The largest absolute Gasteiger partial charge is 0.349 e. The van der Waals surface area contributed by atoms with Crippen molar-refractivity contribution in [2.24, 2.45) is 0 Å². The number of carbonyl (C=O) groups is 1. The van der Waals surface area contributed by atoms with Gasteiger partial charge in [0.2, 0.25) is 0 Å². The number of hydrogen-bond donors (Lipinski definition) is 3. The SMILES string of the molecule is Cl.O=C(NC1CCNCC1)c1cc(Cl)ccc1NS(=O)(=O)c1ccccc1. The van der Waals surface area contributed by atoms with E-state index in [9.17, 15) is 13.2 Å². The Morgan fingerprint density at radius 2 is 1.74 bits per heavy atom. The molecule has 2 aromatic rings. The number of amides is 1. The fraction of sp³-hybridized carbons (Fsp3) is 0.278. The number of carbonyl (C=O) groups excluding carboxylic acids is 1. The molecule has 0 aromatic heterocycles. The van der Waals surface area contributed by atoms with Crippen molar-refractivity contribution < 1.29 is 13.2 Å². The second-order valence-electron chi connectivity index (χ2n) is 6.11. The van der Waals surface area contributed by atoms with Crippen molar-refractivity contribution in [2.75, 3.05) is 17.8 Å². The van der Waals surface area contributed by atoms with Crippen LogP contribution in [0.2, 0.25) is 5.02 Å². The van der Waals surface area contributed by atoms with Crippen LogP contribution in [0.4, 0.5) is 5.69 Å². The molecular formula is C18H21Cl2N3O3S. The molecule has 1 saturated heterocycles. The highest BCUT2D eigenvalue weighted by atomic mass is 35.5. The highest BCUT2D eigenvalue weighted by Gasteiger charge is 2.21. The van der Waals surface area contributed by atoms with Gasteiger partial charge in [-0.3, -0.25) is 9.52 Å². The van der Waals surface area contributed by atoms with Crippen molar-refractivity contribution in [1.29, 1.82) is 0 Å². The molecule has 6 nitrogen and oxygen atoms in total. The van der Waals surface area contributed by atoms with Gasteiger partial charge in [0, 0.05) is 11.1 Å². The summed E-state index contributed by atoms with van der Waals surface area (Å²) in [5.41, 5.74) is 0.403. The zero-order valence-corrected chi connectivity index (χ0v) is 16.8. The first kappa shape index (κ1) is 21.5. The summed E-state index contributed by atoms with van der Waals surface area (Å²) in [4.78, 5) is 12.8. The van der Waals surface area contributed by atoms with Gasteiger partial charge in [-0.15, -0.1) is 12.4 Å². The van der Waals surface area contributed by atoms with Crippen LogP contribution in [-0.4, -0.2) is 33.5 Å². The van der Waals surface area contributed by atoms with Crippen molar-refractivity contribution in [1.82, 2.24) is 10.6 Å². The maximum Gasteiger partial charge on any atom is 0.261 e. The summed E-state index contributed by atoms with van der Waals surface area (Å²) in [6.45, 7) is 1.68. The van der Waals surface area contributed by atoms with E-state index in [1.54, 1.807) is 24.3 Å². The quantitative estimate of drug-likeness (QED) is 0.681. The number of halogens is 2. The smallest absolute Gasteiger partial charge is 0.261 e. The van der Waals surface area contributed by atoms with Crippen LogP contribution in [0, 0.1) is 0 Å². The maximum atomic E-state index is 12.7. The number of piperidine rings is 1. The fourth-order valence-electron chi connectivity index (χ4n) is 2.83. The number of benzene rings is 2. The molecule has 1 aliphatic heterocycles. The topological polar surface area (TPSA) is 87.3 Å². The van der Waals surface area contributed by atoms with Gasteiger partial charge in [0.05, 0.1) is 16.1 Å². The number of rotatable bonds is 5. The summed E-state index contributed by atoms with van der Waals surface area (Å²) in [7, 11) is -3.80. The molecule has 0 atom stereocenters. The summed E-state index contributed by atoms with van der Waals surface area (Å²) in [5, 5.41) is 6.55. The lowest BCUT2D eigenvalue weighted by atomic mass is 10.1. The average molecular weight is 430 g/mol. The molecule has 0 saturated carbocycles. The lowest BCUT2D eigenvalue weighted by Crippen LogP contribution is -2.42. The molecule has 0 radical (unpaired) electrons.